The molecule has 0 aliphatic heterocycles. The van der Waals surface area contributed by atoms with Gasteiger partial charge < -0.3 is 0 Å². The Kier molecular flexibility index (Phi) is 4.60. The first-order chi connectivity index (χ1) is 8.35. The number of hydrogen-bond donors (Lipinski definition) is 1. The van der Waals surface area contributed by atoms with Crippen LogP contribution in [0.5, 0.6) is 0 Å². The summed E-state index contributed by atoms with van der Waals surface area (Å²) < 4.78 is 21.4. The maximum atomic E-state index is 10.8. The first kappa shape index (κ1) is 14.4. The van der Waals surface area contributed by atoms with Gasteiger partial charge in [0, 0.05) is 11.9 Å². The average Bonchev–Trinajstić information content (AvgIpc) is 2.26. The van der Waals surface area contributed by atoms with Gasteiger partial charge in [-0.1, -0.05) is 11.8 Å². The summed E-state index contributed by atoms with van der Waals surface area (Å²) in [5.74, 6) is -0.297. The van der Waals surface area contributed by atoms with E-state index in [0.717, 1.165) is 11.8 Å². The summed E-state index contributed by atoms with van der Waals surface area (Å²) in [6.45, 7) is 0. The Balaban J connectivity index is 2.96. The van der Waals surface area contributed by atoms with Crippen LogP contribution in [-0.2, 0) is 10.0 Å². The van der Waals surface area contributed by atoms with E-state index in [4.69, 9.17) is 10.4 Å². The standard InChI is InChI=1S/C8H8N4O4S2/c9-5-6-1-2-11-8(7(6)12(13)14)17-3-4-18(10,15)16/h1-2H,3-4H2,(H2,10,15,16). The maximum absolute atomic E-state index is 10.8. The molecule has 0 bridgehead atoms. The van der Waals surface area contributed by atoms with Crippen LogP contribution in [0.4, 0.5) is 5.69 Å². The summed E-state index contributed by atoms with van der Waals surface area (Å²) in [7, 11) is -3.63. The van der Waals surface area contributed by atoms with Crippen molar-refractivity contribution in [1.29, 1.82) is 5.26 Å². The van der Waals surface area contributed by atoms with Crippen molar-refractivity contribution in [2.24, 2.45) is 5.14 Å². The van der Waals surface area contributed by atoms with Gasteiger partial charge in [0.15, 0.2) is 5.03 Å². The van der Waals surface area contributed by atoms with Gasteiger partial charge in [-0.15, -0.1) is 0 Å². The molecule has 0 amide bonds. The van der Waals surface area contributed by atoms with Gasteiger partial charge in [0.2, 0.25) is 10.0 Å². The lowest BCUT2D eigenvalue weighted by molar-refractivity contribution is -0.388. The average molecular weight is 288 g/mol. The molecular formula is C8H8N4O4S2. The number of nitrogens with two attached hydrogens (primary N) is 1. The highest BCUT2D eigenvalue weighted by Gasteiger charge is 2.21. The number of aromatic nitrogens is 1. The third-order valence-corrected chi connectivity index (χ3v) is 3.81. The van der Waals surface area contributed by atoms with Crippen molar-refractivity contribution in [2.75, 3.05) is 11.5 Å². The molecule has 8 nitrogen and oxygen atoms in total. The molecule has 18 heavy (non-hydrogen) atoms. The lowest BCUT2D eigenvalue weighted by atomic mass is 10.2. The topological polar surface area (TPSA) is 140 Å². The molecule has 0 saturated carbocycles. The van der Waals surface area contributed by atoms with Crippen LogP contribution in [0, 0.1) is 21.4 Å². The molecule has 0 spiro atoms. The monoisotopic (exact) mass is 288 g/mol. The van der Waals surface area contributed by atoms with E-state index in [1.165, 1.54) is 12.3 Å². The molecular weight excluding hydrogens is 280 g/mol. The molecule has 0 aromatic carbocycles. The van der Waals surface area contributed by atoms with Crippen molar-refractivity contribution >= 4 is 27.5 Å². The number of nitriles is 1. The highest BCUT2D eigenvalue weighted by atomic mass is 32.2. The van der Waals surface area contributed by atoms with Gasteiger partial charge >= 0.3 is 5.69 Å². The zero-order chi connectivity index (χ0) is 13.8. The normalized spacial score (nSPS) is 10.9. The van der Waals surface area contributed by atoms with Gasteiger partial charge in [-0.05, 0) is 6.07 Å². The first-order valence-corrected chi connectivity index (χ1v) is 7.22. The number of nitro groups is 1. The molecule has 0 saturated heterocycles. The van der Waals surface area contributed by atoms with Crippen LogP contribution in [-0.4, -0.2) is 29.8 Å². The highest BCUT2D eigenvalue weighted by molar-refractivity contribution is 8.00. The fourth-order valence-corrected chi connectivity index (χ4v) is 2.97. The molecule has 0 unspecified atom stereocenters. The van der Waals surface area contributed by atoms with E-state index in [-0.39, 0.29) is 22.1 Å². The fraction of sp³-hybridized carbons (Fsp3) is 0.250. The summed E-state index contributed by atoms with van der Waals surface area (Å²) in [6, 6.07) is 2.91. The molecule has 96 valence electrons. The minimum absolute atomic E-state index is 0.00250. The fourth-order valence-electron chi connectivity index (χ4n) is 1.06. The summed E-state index contributed by atoms with van der Waals surface area (Å²) >= 11 is 0.869. The molecule has 0 fully saturated rings. The van der Waals surface area contributed by atoms with E-state index < -0.39 is 20.6 Å². The minimum atomic E-state index is -3.63. The number of thioether (sulfide) groups is 1. The number of sulfonamides is 1. The second-order valence-electron chi connectivity index (χ2n) is 3.10. The van der Waals surface area contributed by atoms with Crippen LogP contribution < -0.4 is 5.14 Å². The van der Waals surface area contributed by atoms with Gasteiger partial charge in [-0.2, -0.15) is 5.26 Å². The number of rotatable bonds is 5. The second-order valence-corrected chi connectivity index (χ2v) is 5.91. The molecule has 0 aliphatic rings. The summed E-state index contributed by atoms with van der Waals surface area (Å²) in [5, 5.41) is 24.4. The van der Waals surface area contributed by atoms with Crippen molar-refractivity contribution in [1.82, 2.24) is 4.98 Å². The Labute approximate surface area is 107 Å². The Morgan fingerprint density at radius 3 is 2.78 bits per heavy atom. The van der Waals surface area contributed by atoms with Crippen molar-refractivity contribution in [3.05, 3.63) is 27.9 Å². The van der Waals surface area contributed by atoms with E-state index in [9.17, 15) is 18.5 Å². The van der Waals surface area contributed by atoms with Crippen LogP contribution in [0.15, 0.2) is 17.3 Å². The molecule has 10 heteroatoms. The van der Waals surface area contributed by atoms with E-state index in [2.05, 4.69) is 4.98 Å². The van der Waals surface area contributed by atoms with Crippen LogP contribution >= 0.6 is 11.8 Å². The van der Waals surface area contributed by atoms with Crippen molar-refractivity contribution in [3.63, 3.8) is 0 Å². The largest absolute Gasteiger partial charge is 0.318 e. The molecule has 0 aliphatic carbocycles. The minimum Gasteiger partial charge on any atom is -0.258 e. The van der Waals surface area contributed by atoms with Gasteiger partial charge in [0.1, 0.15) is 11.6 Å². The molecule has 0 radical (unpaired) electrons. The van der Waals surface area contributed by atoms with Crippen LogP contribution in [0.3, 0.4) is 0 Å². The Morgan fingerprint density at radius 2 is 2.28 bits per heavy atom. The van der Waals surface area contributed by atoms with Crippen LogP contribution in [0.1, 0.15) is 5.56 Å². The van der Waals surface area contributed by atoms with E-state index in [0.29, 0.717) is 0 Å². The van der Waals surface area contributed by atoms with Gasteiger partial charge in [-0.3, -0.25) is 10.1 Å². The zero-order valence-electron chi connectivity index (χ0n) is 8.94. The quantitative estimate of drug-likeness (QED) is 0.465. The predicted molar refractivity (Wildman–Crippen MR) is 64.3 cm³/mol. The predicted octanol–water partition coefficient (Wildman–Crippen LogP) is 0.242. The van der Waals surface area contributed by atoms with Crippen molar-refractivity contribution < 1.29 is 13.3 Å². The van der Waals surface area contributed by atoms with Gasteiger partial charge in [-0.25, -0.2) is 18.5 Å². The third-order valence-electron chi connectivity index (χ3n) is 1.80. The molecule has 1 rings (SSSR count). The Morgan fingerprint density at radius 1 is 1.61 bits per heavy atom. The smallest absolute Gasteiger partial charge is 0.258 e. The summed E-state index contributed by atoms with van der Waals surface area (Å²) in [5.41, 5.74) is -0.535. The Hall–Kier alpha value is -1.70. The van der Waals surface area contributed by atoms with Crippen LogP contribution in [0.2, 0.25) is 0 Å². The van der Waals surface area contributed by atoms with Crippen LogP contribution in [0.25, 0.3) is 0 Å². The van der Waals surface area contributed by atoms with Crippen molar-refractivity contribution in [2.45, 2.75) is 5.03 Å². The number of pyridine rings is 1. The van der Waals surface area contributed by atoms with Crippen molar-refractivity contribution in [3.8, 4) is 6.07 Å². The summed E-state index contributed by atoms with van der Waals surface area (Å²) in [4.78, 5) is 13.9. The summed E-state index contributed by atoms with van der Waals surface area (Å²) in [6.07, 6.45) is 1.25. The first-order valence-electron chi connectivity index (χ1n) is 4.52. The maximum Gasteiger partial charge on any atom is 0.318 e. The Bertz CT molecular complexity index is 608. The van der Waals surface area contributed by atoms with E-state index >= 15 is 0 Å². The molecule has 2 N–H and O–H groups in total. The second kappa shape index (κ2) is 5.76. The number of nitrogens with zero attached hydrogens (tertiary/aromatic N) is 3. The molecule has 1 aromatic rings. The molecule has 1 aromatic heterocycles. The van der Waals surface area contributed by atoms with E-state index in [1.807, 2.05) is 0 Å². The SMILES string of the molecule is N#Cc1ccnc(SCCS(N)(=O)=O)c1[N+](=O)[O-]. The lowest BCUT2D eigenvalue weighted by Gasteiger charge is -2.02. The zero-order valence-corrected chi connectivity index (χ0v) is 10.6. The van der Waals surface area contributed by atoms with E-state index in [1.54, 1.807) is 6.07 Å². The van der Waals surface area contributed by atoms with Gasteiger partial charge in [0.05, 0.1) is 10.7 Å². The third kappa shape index (κ3) is 3.95. The number of hydrogen-bond acceptors (Lipinski definition) is 7. The molecule has 0 atom stereocenters. The highest BCUT2D eigenvalue weighted by Crippen LogP contribution is 2.29. The number of primary sulfonamides is 1. The van der Waals surface area contributed by atoms with Gasteiger partial charge in [0.25, 0.3) is 0 Å². The molecule has 1 heterocycles. The lowest BCUT2D eigenvalue weighted by Crippen LogP contribution is -2.17.